The van der Waals surface area contributed by atoms with Gasteiger partial charge in [0.1, 0.15) is 0 Å². The van der Waals surface area contributed by atoms with Crippen LogP contribution < -0.4 is 10.6 Å². The van der Waals surface area contributed by atoms with Crippen molar-refractivity contribution in [3.8, 4) is 0 Å². The summed E-state index contributed by atoms with van der Waals surface area (Å²) in [7, 11) is 0. The van der Waals surface area contributed by atoms with Gasteiger partial charge in [-0.3, -0.25) is 14.7 Å². The van der Waals surface area contributed by atoms with Crippen LogP contribution in [0.4, 0.5) is 0 Å². The highest BCUT2D eigenvalue weighted by Crippen LogP contribution is 2.18. The van der Waals surface area contributed by atoms with Crippen LogP contribution in [-0.2, 0) is 4.79 Å². The minimum Gasteiger partial charge on any atom is -0.352 e. The number of hydrogen-bond acceptors (Lipinski definition) is 3. The molecule has 0 unspecified atom stereocenters. The van der Waals surface area contributed by atoms with Crippen LogP contribution in [0.15, 0.2) is 24.3 Å². The molecule has 1 aromatic heterocycles. The van der Waals surface area contributed by atoms with Crippen LogP contribution in [0.5, 0.6) is 0 Å². The highest BCUT2D eigenvalue weighted by molar-refractivity contribution is 6.05. The number of carbonyl (C=O) groups excluding carboxylic acids is 2. The zero-order chi connectivity index (χ0) is 13.2. The lowest BCUT2D eigenvalue weighted by Gasteiger charge is -2.04. The Balaban J connectivity index is 1.64. The molecule has 3 rings (SSSR count). The second kappa shape index (κ2) is 4.72. The number of hydrogen-bond donors (Lipinski definition) is 3. The van der Waals surface area contributed by atoms with E-state index in [9.17, 15) is 9.59 Å². The van der Waals surface area contributed by atoms with E-state index in [4.69, 9.17) is 0 Å². The van der Waals surface area contributed by atoms with Crippen LogP contribution in [0.3, 0.4) is 0 Å². The number of H-pyrrole nitrogens is 1. The fourth-order valence-corrected chi connectivity index (χ4v) is 1.89. The predicted octanol–water partition coefficient (Wildman–Crippen LogP) is 0.571. The minimum absolute atomic E-state index is 0.0173. The Morgan fingerprint density at radius 1 is 1.32 bits per heavy atom. The van der Waals surface area contributed by atoms with Gasteiger partial charge in [-0.15, -0.1) is 0 Å². The van der Waals surface area contributed by atoms with Crippen molar-refractivity contribution in [1.29, 1.82) is 0 Å². The normalized spacial score (nSPS) is 14.3. The quantitative estimate of drug-likeness (QED) is 0.749. The van der Waals surface area contributed by atoms with Crippen LogP contribution in [-0.4, -0.2) is 34.6 Å². The average molecular weight is 258 g/mol. The predicted molar refractivity (Wildman–Crippen MR) is 69.6 cm³/mol. The van der Waals surface area contributed by atoms with E-state index in [1.165, 1.54) is 0 Å². The van der Waals surface area contributed by atoms with Crippen molar-refractivity contribution in [1.82, 2.24) is 20.8 Å². The lowest BCUT2D eigenvalue weighted by atomic mass is 10.2. The molecule has 0 bridgehead atoms. The maximum Gasteiger partial charge on any atom is 0.272 e. The first kappa shape index (κ1) is 11.7. The third kappa shape index (κ3) is 2.57. The molecule has 1 aliphatic carbocycles. The second-order valence-corrected chi connectivity index (χ2v) is 4.64. The van der Waals surface area contributed by atoms with Gasteiger partial charge in [0.2, 0.25) is 5.91 Å². The van der Waals surface area contributed by atoms with Gasteiger partial charge in [0, 0.05) is 11.4 Å². The molecular weight excluding hydrogens is 244 g/mol. The summed E-state index contributed by atoms with van der Waals surface area (Å²) in [6, 6.07) is 7.67. The molecule has 6 heteroatoms. The minimum atomic E-state index is -0.344. The number of aromatic amines is 1. The van der Waals surface area contributed by atoms with Gasteiger partial charge >= 0.3 is 0 Å². The van der Waals surface area contributed by atoms with E-state index in [1.54, 1.807) is 0 Å². The lowest BCUT2D eigenvalue weighted by molar-refractivity contribution is -0.120. The summed E-state index contributed by atoms with van der Waals surface area (Å²) in [5.41, 5.74) is 1.12. The van der Waals surface area contributed by atoms with Crippen LogP contribution in [0, 0.1) is 0 Å². The van der Waals surface area contributed by atoms with Crippen LogP contribution in [0.25, 0.3) is 10.9 Å². The van der Waals surface area contributed by atoms with Crippen LogP contribution in [0.2, 0.25) is 0 Å². The lowest BCUT2D eigenvalue weighted by Crippen LogP contribution is -2.38. The Morgan fingerprint density at radius 2 is 2.11 bits per heavy atom. The van der Waals surface area contributed by atoms with Crippen molar-refractivity contribution in [2.45, 2.75) is 18.9 Å². The van der Waals surface area contributed by atoms with E-state index in [1.807, 2.05) is 24.3 Å². The van der Waals surface area contributed by atoms with Gasteiger partial charge in [-0.2, -0.15) is 5.10 Å². The fourth-order valence-electron chi connectivity index (χ4n) is 1.89. The first-order valence-corrected chi connectivity index (χ1v) is 6.25. The number of carbonyl (C=O) groups is 2. The molecule has 0 atom stereocenters. The van der Waals surface area contributed by atoms with Crippen molar-refractivity contribution in [2.24, 2.45) is 0 Å². The smallest absolute Gasteiger partial charge is 0.272 e. The SMILES string of the molecule is O=C(CNC(=O)c1n[nH]c2ccccc12)NC1CC1. The Bertz CT molecular complexity index is 630. The van der Waals surface area contributed by atoms with Gasteiger partial charge in [-0.05, 0) is 18.9 Å². The maximum absolute atomic E-state index is 12.0. The Labute approximate surface area is 109 Å². The molecule has 1 aliphatic rings. The summed E-state index contributed by atoms with van der Waals surface area (Å²) in [4.78, 5) is 23.4. The van der Waals surface area contributed by atoms with Crippen molar-refractivity contribution >= 4 is 22.7 Å². The van der Waals surface area contributed by atoms with Gasteiger partial charge < -0.3 is 10.6 Å². The van der Waals surface area contributed by atoms with E-state index >= 15 is 0 Å². The summed E-state index contributed by atoms with van der Waals surface area (Å²) in [5, 5.41) is 12.9. The van der Waals surface area contributed by atoms with Gasteiger partial charge in [-0.25, -0.2) is 0 Å². The molecule has 2 amide bonds. The van der Waals surface area contributed by atoms with E-state index in [0.717, 1.165) is 23.7 Å². The maximum atomic E-state index is 12.0. The first-order chi connectivity index (χ1) is 9.24. The largest absolute Gasteiger partial charge is 0.352 e. The second-order valence-electron chi connectivity index (χ2n) is 4.64. The van der Waals surface area contributed by atoms with Crippen molar-refractivity contribution in [2.75, 3.05) is 6.54 Å². The summed E-state index contributed by atoms with van der Waals surface area (Å²) in [6.45, 7) is -0.0173. The van der Waals surface area contributed by atoms with E-state index < -0.39 is 0 Å². The Morgan fingerprint density at radius 3 is 2.89 bits per heavy atom. The molecule has 0 spiro atoms. The molecular formula is C13H14N4O2. The highest BCUT2D eigenvalue weighted by Gasteiger charge is 2.23. The molecule has 19 heavy (non-hydrogen) atoms. The number of nitrogens with one attached hydrogen (secondary N) is 3. The number of para-hydroxylation sites is 1. The summed E-state index contributed by atoms with van der Waals surface area (Å²) in [5.74, 6) is -0.501. The van der Waals surface area contributed by atoms with Gasteiger partial charge in [0.25, 0.3) is 5.91 Å². The number of amides is 2. The number of aromatic nitrogens is 2. The zero-order valence-electron chi connectivity index (χ0n) is 10.3. The molecule has 0 aliphatic heterocycles. The van der Waals surface area contributed by atoms with Crippen LogP contribution in [0.1, 0.15) is 23.3 Å². The summed E-state index contributed by atoms with van der Waals surface area (Å²) in [6.07, 6.45) is 2.06. The number of benzene rings is 1. The van der Waals surface area contributed by atoms with Crippen LogP contribution >= 0.6 is 0 Å². The molecule has 0 saturated heterocycles. The zero-order valence-corrected chi connectivity index (χ0v) is 10.3. The fraction of sp³-hybridized carbons (Fsp3) is 0.308. The molecule has 0 radical (unpaired) electrons. The van der Waals surface area contributed by atoms with Gasteiger partial charge in [0.15, 0.2) is 5.69 Å². The topological polar surface area (TPSA) is 86.9 Å². The molecule has 2 aromatic rings. The van der Waals surface area contributed by atoms with Crippen molar-refractivity contribution in [3.63, 3.8) is 0 Å². The summed E-state index contributed by atoms with van der Waals surface area (Å²) >= 11 is 0. The van der Waals surface area contributed by atoms with E-state index in [2.05, 4.69) is 20.8 Å². The number of fused-ring (bicyclic) bond motifs is 1. The summed E-state index contributed by atoms with van der Waals surface area (Å²) < 4.78 is 0. The van der Waals surface area contributed by atoms with E-state index in [0.29, 0.717) is 11.7 Å². The van der Waals surface area contributed by atoms with Gasteiger partial charge in [-0.1, -0.05) is 18.2 Å². The Hall–Kier alpha value is -2.37. The van der Waals surface area contributed by atoms with Crippen molar-refractivity contribution < 1.29 is 9.59 Å². The first-order valence-electron chi connectivity index (χ1n) is 6.25. The number of nitrogens with zero attached hydrogens (tertiary/aromatic N) is 1. The van der Waals surface area contributed by atoms with Crippen molar-refractivity contribution in [3.05, 3.63) is 30.0 Å². The van der Waals surface area contributed by atoms with Gasteiger partial charge in [0.05, 0.1) is 12.1 Å². The standard InChI is InChI=1S/C13H14N4O2/c18-11(15-8-5-6-8)7-14-13(19)12-9-3-1-2-4-10(9)16-17-12/h1-4,8H,5-7H2,(H,14,19)(H,15,18)(H,16,17). The number of rotatable bonds is 4. The average Bonchev–Trinajstić information content (AvgIpc) is 3.12. The highest BCUT2D eigenvalue weighted by atomic mass is 16.2. The molecule has 1 fully saturated rings. The molecule has 1 heterocycles. The third-order valence-electron chi connectivity index (χ3n) is 3.04. The molecule has 98 valence electrons. The third-order valence-corrected chi connectivity index (χ3v) is 3.04. The molecule has 1 aromatic carbocycles. The molecule has 1 saturated carbocycles. The Kier molecular flexibility index (Phi) is 2.91. The molecule has 3 N–H and O–H groups in total. The van der Waals surface area contributed by atoms with E-state index in [-0.39, 0.29) is 18.4 Å². The molecule has 6 nitrogen and oxygen atoms in total. The monoisotopic (exact) mass is 258 g/mol.